The Balaban J connectivity index is 1.76. The molecule has 13 heteroatoms. The van der Waals surface area contributed by atoms with Crippen LogP contribution in [0.4, 0.5) is 18.3 Å². The number of nitrogens with one attached hydrogen (secondary N) is 1. The van der Waals surface area contributed by atoms with Gasteiger partial charge < -0.3 is 4.43 Å². The molecule has 1 amide bonds. The number of carbonyl (C=O) groups excluding carboxylic acids is 1. The number of anilines is 1. The summed E-state index contributed by atoms with van der Waals surface area (Å²) in [5, 5.41) is 13.8. The molecule has 0 aliphatic heterocycles. The van der Waals surface area contributed by atoms with Gasteiger partial charge in [0, 0.05) is 18.4 Å². The number of aromatic nitrogens is 2. The van der Waals surface area contributed by atoms with Crippen molar-refractivity contribution in [1.82, 2.24) is 10.2 Å². The fourth-order valence-electron chi connectivity index (χ4n) is 4.28. The number of alkyl halides is 3. The van der Waals surface area contributed by atoms with Crippen LogP contribution in [0.2, 0.25) is 6.04 Å². The number of hydrogen-bond donors (Lipinski definition) is 1. The maximum Gasteiger partial charge on any atom is 0.389 e. The largest absolute Gasteiger partial charge is 0.407 e. The van der Waals surface area contributed by atoms with Gasteiger partial charge >= 0.3 is 6.18 Å². The van der Waals surface area contributed by atoms with Gasteiger partial charge in [-0.15, -0.1) is 10.2 Å². The van der Waals surface area contributed by atoms with Crippen LogP contribution in [-0.4, -0.2) is 56.1 Å². The fourth-order valence-corrected chi connectivity index (χ4v) is 10.2. The molecule has 0 aliphatic carbocycles. The summed E-state index contributed by atoms with van der Waals surface area (Å²) in [5.74, 6) is -1.64. The molecule has 0 saturated heterocycles. The van der Waals surface area contributed by atoms with E-state index in [2.05, 4.69) is 46.7 Å². The van der Waals surface area contributed by atoms with Gasteiger partial charge in [-0.1, -0.05) is 92.8 Å². The minimum Gasteiger partial charge on any atom is -0.407 e. The summed E-state index contributed by atoms with van der Waals surface area (Å²) in [6.07, 6.45) is -6.32. The van der Waals surface area contributed by atoms with Crippen LogP contribution >= 0.6 is 11.3 Å². The fraction of sp³-hybridized carbons (Fsp3) is 0.464. The first-order valence-electron chi connectivity index (χ1n) is 13.2. The lowest BCUT2D eigenvalue weighted by Gasteiger charge is -2.35. The summed E-state index contributed by atoms with van der Waals surface area (Å²) in [7, 11) is -6.78. The Morgan fingerprint density at radius 1 is 0.951 bits per heavy atom. The number of halogens is 3. The van der Waals surface area contributed by atoms with Gasteiger partial charge in [0.25, 0.3) is 8.32 Å². The van der Waals surface area contributed by atoms with Crippen LogP contribution in [0.5, 0.6) is 0 Å². The van der Waals surface area contributed by atoms with Gasteiger partial charge in [-0.25, -0.2) is 8.42 Å². The molecular weight excluding hydrogens is 592 g/mol. The number of nitrogens with zero attached hydrogens (tertiary/aromatic N) is 2. The van der Waals surface area contributed by atoms with Crippen molar-refractivity contribution in [2.75, 3.05) is 17.7 Å². The first-order chi connectivity index (χ1) is 19.0. The van der Waals surface area contributed by atoms with Crippen molar-refractivity contribution in [3.05, 3.63) is 65.7 Å². The molecule has 3 aromatic rings. The Bertz CT molecular complexity index is 1370. The minimum atomic E-state index is -4.47. The van der Waals surface area contributed by atoms with E-state index >= 15 is 0 Å². The van der Waals surface area contributed by atoms with Crippen LogP contribution in [0, 0.1) is 0 Å². The molecule has 2 aromatic carbocycles. The average molecular weight is 628 g/mol. The van der Waals surface area contributed by atoms with Gasteiger partial charge in [0.15, 0.2) is 9.84 Å². The average Bonchev–Trinajstić information content (AvgIpc) is 3.39. The second-order valence-corrected chi connectivity index (χ2v) is 18.4. The molecule has 1 aromatic heterocycles. The molecule has 0 bridgehead atoms. The summed E-state index contributed by atoms with van der Waals surface area (Å²) >= 11 is 1.10. The lowest BCUT2D eigenvalue weighted by molar-refractivity contribution is -0.134. The highest BCUT2D eigenvalue weighted by atomic mass is 32.2. The number of hydrogen-bond acceptors (Lipinski definition) is 7. The molecule has 7 nitrogen and oxygen atoms in total. The summed E-state index contributed by atoms with van der Waals surface area (Å²) < 4.78 is 67.8. The molecule has 3 rings (SSSR count). The number of rotatable bonds is 13. The molecule has 0 saturated carbocycles. The first-order valence-corrected chi connectivity index (χ1v) is 17.8. The zero-order chi connectivity index (χ0) is 30.5. The van der Waals surface area contributed by atoms with E-state index < -0.39 is 59.0 Å². The van der Waals surface area contributed by atoms with Crippen LogP contribution in [-0.2, 0) is 24.5 Å². The second-order valence-electron chi connectivity index (χ2n) is 11.0. The van der Waals surface area contributed by atoms with Crippen molar-refractivity contribution in [2.45, 2.75) is 69.8 Å². The number of amides is 1. The van der Waals surface area contributed by atoms with E-state index in [9.17, 15) is 26.4 Å². The second kappa shape index (κ2) is 12.7. The summed E-state index contributed by atoms with van der Waals surface area (Å²) in [6, 6.07) is 21.1. The summed E-state index contributed by atoms with van der Waals surface area (Å²) in [4.78, 5) is 12.9. The smallest absolute Gasteiger partial charge is 0.389 e. The molecule has 0 fully saturated rings. The monoisotopic (exact) mass is 627 g/mol. The quantitative estimate of drug-likeness (QED) is 0.265. The Kier molecular flexibility index (Phi) is 10.2. The van der Waals surface area contributed by atoms with Crippen LogP contribution in [0.15, 0.2) is 60.7 Å². The Morgan fingerprint density at radius 3 is 1.98 bits per heavy atom. The predicted octanol–water partition coefficient (Wildman–Crippen LogP) is 5.09. The molecule has 1 N–H and O–H groups in total. The molecule has 0 atom stereocenters. The highest BCUT2D eigenvalue weighted by molar-refractivity contribution is 7.93. The SMILES string of the molecule is CC[Si](OCC(C)(C)c1nnc(NC(=O)C(C)(C)S(=O)(=O)CCCC(F)(F)F)s1)(c1ccccc1)c1ccccc1. The van der Waals surface area contributed by atoms with E-state index in [0.717, 1.165) is 27.8 Å². The number of benzene rings is 2. The Morgan fingerprint density at radius 2 is 1.49 bits per heavy atom. The molecule has 0 spiro atoms. The van der Waals surface area contributed by atoms with Crippen molar-refractivity contribution in [3.63, 3.8) is 0 Å². The van der Waals surface area contributed by atoms with Gasteiger partial charge in [0.2, 0.25) is 11.0 Å². The summed E-state index contributed by atoms with van der Waals surface area (Å²) in [6.45, 7) is 8.70. The maximum absolute atomic E-state index is 12.9. The van der Waals surface area contributed by atoms with E-state index in [1.165, 1.54) is 13.8 Å². The van der Waals surface area contributed by atoms with Crippen molar-refractivity contribution in [3.8, 4) is 0 Å². The van der Waals surface area contributed by atoms with Crippen LogP contribution in [0.1, 0.15) is 52.5 Å². The van der Waals surface area contributed by atoms with Gasteiger partial charge in [0.05, 0.1) is 5.75 Å². The van der Waals surface area contributed by atoms with Crippen LogP contribution in [0.3, 0.4) is 0 Å². The highest BCUT2D eigenvalue weighted by Crippen LogP contribution is 2.32. The van der Waals surface area contributed by atoms with E-state index in [4.69, 9.17) is 4.43 Å². The topological polar surface area (TPSA) is 98.2 Å². The molecular formula is C28H36F3N3O4S2Si. The van der Waals surface area contributed by atoms with Crippen molar-refractivity contribution < 1.29 is 30.8 Å². The van der Waals surface area contributed by atoms with E-state index in [-0.39, 0.29) is 5.13 Å². The molecule has 0 unspecified atom stereocenters. The zero-order valence-electron chi connectivity index (χ0n) is 23.8. The zero-order valence-corrected chi connectivity index (χ0v) is 26.4. The third kappa shape index (κ3) is 7.82. The van der Waals surface area contributed by atoms with Crippen molar-refractivity contribution >= 4 is 50.9 Å². The maximum atomic E-state index is 12.9. The normalized spacial score (nSPS) is 13.3. The van der Waals surface area contributed by atoms with Crippen molar-refractivity contribution in [1.29, 1.82) is 0 Å². The third-order valence-corrected chi connectivity index (χ3v) is 15.0. The van der Waals surface area contributed by atoms with Gasteiger partial charge in [-0.05, 0) is 36.7 Å². The number of sulfone groups is 1. The molecule has 224 valence electrons. The first kappa shape index (κ1) is 32.9. The highest BCUT2D eigenvalue weighted by Gasteiger charge is 2.43. The Labute approximate surface area is 244 Å². The predicted molar refractivity (Wildman–Crippen MR) is 159 cm³/mol. The standard InChI is InChI=1S/C28H36F3N3O4S2Si/c1-6-41(21-14-9-7-10-15-21,22-16-11-8-12-17-22)38-20-26(2,3)24-33-34-25(39-24)32-23(35)27(4,5)40(36,37)19-13-18-28(29,30)31/h7-12,14-17H,6,13,18-20H2,1-5H3,(H,32,34,35). The Hall–Kier alpha value is -2.61. The third-order valence-electron chi connectivity index (χ3n) is 7.08. The van der Waals surface area contributed by atoms with E-state index in [1.54, 1.807) is 0 Å². The van der Waals surface area contributed by atoms with Gasteiger partial charge in [0.1, 0.15) is 9.75 Å². The lowest BCUT2D eigenvalue weighted by atomic mass is 9.96. The van der Waals surface area contributed by atoms with E-state index in [0.29, 0.717) is 11.6 Å². The molecule has 1 heterocycles. The van der Waals surface area contributed by atoms with Crippen molar-refractivity contribution in [2.24, 2.45) is 0 Å². The van der Waals surface area contributed by atoms with E-state index in [1.807, 2.05) is 50.2 Å². The van der Waals surface area contributed by atoms with Gasteiger partial charge in [-0.3, -0.25) is 10.1 Å². The number of carbonyl (C=O) groups is 1. The summed E-state index contributed by atoms with van der Waals surface area (Å²) in [5.41, 5.74) is -0.600. The molecule has 0 aliphatic rings. The molecule has 0 radical (unpaired) electrons. The minimum absolute atomic E-state index is 0.0989. The molecule has 41 heavy (non-hydrogen) atoms. The van der Waals surface area contributed by atoms with Gasteiger partial charge in [-0.2, -0.15) is 13.2 Å². The van der Waals surface area contributed by atoms with Crippen LogP contribution < -0.4 is 15.7 Å². The van der Waals surface area contributed by atoms with Crippen LogP contribution in [0.25, 0.3) is 0 Å². The lowest BCUT2D eigenvalue weighted by Crippen LogP contribution is -2.61.